The molecule has 1 aromatic rings. The maximum Gasteiger partial charge on any atom is 0.0958 e. The van der Waals surface area contributed by atoms with Crippen molar-refractivity contribution < 1.29 is 0 Å². The minimum absolute atomic E-state index is 0.0532. The Hall–Kier alpha value is -0.340. The number of rotatable bonds is 0. The Morgan fingerprint density at radius 3 is 3.09 bits per heavy atom. The average Bonchev–Trinajstić information content (AvgIpc) is 2.33. The highest BCUT2D eigenvalue weighted by molar-refractivity contribution is 9.10. The molecule has 56 valence electrons. The molecule has 0 aromatic heterocycles. The van der Waals surface area contributed by atoms with Crippen molar-refractivity contribution in [2.45, 2.75) is 5.38 Å². The van der Waals surface area contributed by atoms with E-state index < -0.39 is 0 Å². The Labute approximate surface area is 78.2 Å². The highest BCUT2D eigenvalue weighted by atomic mass is 79.9. The number of benzene rings is 1. The van der Waals surface area contributed by atoms with E-state index in [1.54, 1.807) is 6.21 Å². The molecular formula is C8H5BrClN. The van der Waals surface area contributed by atoms with E-state index in [-0.39, 0.29) is 5.38 Å². The van der Waals surface area contributed by atoms with Gasteiger partial charge in [-0.3, -0.25) is 4.99 Å². The summed E-state index contributed by atoms with van der Waals surface area (Å²) >= 11 is 9.32. The van der Waals surface area contributed by atoms with Crippen molar-refractivity contribution in [1.29, 1.82) is 0 Å². The Bertz CT molecular complexity index is 322. The van der Waals surface area contributed by atoms with Crippen LogP contribution in [0.4, 0.5) is 5.69 Å². The Morgan fingerprint density at radius 2 is 2.27 bits per heavy atom. The lowest BCUT2D eigenvalue weighted by Gasteiger charge is -2.00. The lowest BCUT2D eigenvalue weighted by atomic mass is 10.1. The van der Waals surface area contributed by atoms with Crippen LogP contribution in [0.1, 0.15) is 10.9 Å². The van der Waals surface area contributed by atoms with Crippen molar-refractivity contribution in [1.82, 2.24) is 0 Å². The summed E-state index contributed by atoms with van der Waals surface area (Å²) in [5, 5.41) is -0.0532. The first kappa shape index (κ1) is 7.32. The first-order chi connectivity index (χ1) is 5.27. The Kier molecular flexibility index (Phi) is 1.74. The molecule has 0 bridgehead atoms. The zero-order chi connectivity index (χ0) is 7.84. The molecule has 1 atom stereocenters. The van der Waals surface area contributed by atoms with Gasteiger partial charge < -0.3 is 0 Å². The summed E-state index contributed by atoms with van der Waals surface area (Å²) in [6.45, 7) is 0. The van der Waals surface area contributed by atoms with Gasteiger partial charge in [-0.1, -0.05) is 15.9 Å². The van der Waals surface area contributed by atoms with Crippen LogP contribution in [0.5, 0.6) is 0 Å². The van der Waals surface area contributed by atoms with Gasteiger partial charge in [0.2, 0.25) is 0 Å². The topological polar surface area (TPSA) is 12.4 Å². The van der Waals surface area contributed by atoms with E-state index in [0.29, 0.717) is 0 Å². The van der Waals surface area contributed by atoms with E-state index in [0.717, 1.165) is 15.7 Å². The molecular weight excluding hydrogens is 225 g/mol. The van der Waals surface area contributed by atoms with E-state index in [1.807, 2.05) is 18.2 Å². The number of hydrogen-bond donors (Lipinski definition) is 0. The second-order valence-corrected chi connectivity index (χ2v) is 3.77. The molecule has 0 spiro atoms. The molecule has 0 radical (unpaired) electrons. The molecule has 11 heavy (non-hydrogen) atoms. The third kappa shape index (κ3) is 1.21. The number of nitrogens with zero attached hydrogens (tertiary/aromatic N) is 1. The van der Waals surface area contributed by atoms with Crippen molar-refractivity contribution in [3.8, 4) is 0 Å². The first-order valence-electron chi connectivity index (χ1n) is 3.25. The molecule has 0 aliphatic carbocycles. The maximum atomic E-state index is 5.94. The van der Waals surface area contributed by atoms with Crippen molar-refractivity contribution in [3.63, 3.8) is 0 Å². The fourth-order valence-corrected chi connectivity index (χ4v) is 1.70. The molecule has 0 N–H and O–H groups in total. The van der Waals surface area contributed by atoms with Crippen LogP contribution in [0.15, 0.2) is 27.7 Å². The summed E-state index contributed by atoms with van der Waals surface area (Å²) < 4.78 is 1.05. The summed E-state index contributed by atoms with van der Waals surface area (Å²) in [6, 6.07) is 5.92. The van der Waals surface area contributed by atoms with E-state index in [2.05, 4.69) is 20.9 Å². The molecule has 0 fully saturated rings. The third-order valence-electron chi connectivity index (χ3n) is 1.63. The third-order valence-corrected chi connectivity index (χ3v) is 2.47. The number of alkyl halides is 1. The van der Waals surface area contributed by atoms with Crippen molar-refractivity contribution >= 4 is 39.4 Å². The molecule has 1 unspecified atom stereocenters. The predicted molar refractivity (Wildman–Crippen MR) is 50.9 cm³/mol. The summed E-state index contributed by atoms with van der Waals surface area (Å²) in [5.74, 6) is 0. The highest BCUT2D eigenvalue weighted by Gasteiger charge is 2.15. The van der Waals surface area contributed by atoms with Gasteiger partial charge in [-0.15, -0.1) is 11.6 Å². The molecule has 0 amide bonds. The molecule has 1 aliphatic heterocycles. The molecule has 3 heteroatoms. The number of halogens is 2. The number of aliphatic imine (C=N–C) groups is 1. The smallest absolute Gasteiger partial charge is 0.0958 e. The van der Waals surface area contributed by atoms with Gasteiger partial charge in [0.15, 0.2) is 0 Å². The van der Waals surface area contributed by atoms with Crippen LogP contribution in [0.3, 0.4) is 0 Å². The van der Waals surface area contributed by atoms with Crippen LogP contribution in [0.2, 0.25) is 0 Å². The highest BCUT2D eigenvalue weighted by Crippen LogP contribution is 2.35. The second-order valence-electron chi connectivity index (χ2n) is 2.38. The molecule has 2 rings (SSSR count). The van der Waals surface area contributed by atoms with Gasteiger partial charge in [0.1, 0.15) is 0 Å². The molecule has 1 aliphatic rings. The largest absolute Gasteiger partial charge is 0.259 e. The molecule has 1 heterocycles. The second kappa shape index (κ2) is 2.61. The van der Waals surface area contributed by atoms with Gasteiger partial charge in [0.05, 0.1) is 11.1 Å². The molecule has 0 saturated carbocycles. The average molecular weight is 230 g/mol. The van der Waals surface area contributed by atoms with Crippen LogP contribution in [-0.4, -0.2) is 6.21 Å². The van der Waals surface area contributed by atoms with Crippen LogP contribution in [0, 0.1) is 0 Å². The minimum Gasteiger partial charge on any atom is -0.259 e. The zero-order valence-electron chi connectivity index (χ0n) is 5.59. The van der Waals surface area contributed by atoms with Gasteiger partial charge in [-0.2, -0.15) is 0 Å². The van der Waals surface area contributed by atoms with E-state index in [9.17, 15) is 0 Å². The van der Waals surface area contributed by atoms with Gasteiger partial charge in [-0.05, 0) is 18.2 Å². The number of hydrogen-bond acceptors (Lipinski definition) is 1. The predicted octanol–water partition coefficient (Wildman–Crippen LogP) is 3.44. The van der Waals surface area contributed by atoms with Crippen molar-refractivity contribution in [3.05, 3.63) is 28.2 Å². The molecule has 1 nitrogen and oxygen atoms in total. The summed E-state index contributed by atoms with van der Waals surface area (Å²) in [5.41, 5.74) is 2.06. The minimum atomic E-state index is -0.0532. The first-order valence-corrected chi connectivity index (χ1v) is 4.48. The monoisotopic (exact) mass is 229 g/mol. The van der Waals surface area contributed by atoms with Crippen LogP contribution >= 0.6 is 27.5 Å². The summed E-state index contributed by atoms with van der Waals surface area (Å²) in [4.78, 5) is 4.14. The van der Waals surface area contributed by atoms with Crippen LogP contribution in [-0.2, 0) is 0 Å². The van der Waals surface area contributed by atoms with E-state index >= 15 is 0 Å². The standard InChI is InChI=1S/C8H5BrClN/c9-5-1-2-8-6(3-5)7(10)4-11-8/h1-4,7H. The molecule has 1 aromatic carbocycles. The van der Waals surface area contributed by atoms with Crippen molar-refractivity contribution in [2.24, 2.45) is 4.99 Å². The summed E-state index contributed by atoms with van der Waals surface area (Å²) in [7, 11) is 0. The normalized spacial score (nSPS) is 20.4. The van der Waals surface area contributed by atoms with Gasteiger partial charge in [0.25, 0.3) is 0 Å². The Morgan fingerprint density at radius 1 is 1.45 bits per heavy atom. The fraction of sp³-hybridized carbons (Fsp3) is 0.125. The van der Waals surface area contributed by atoms with Crippen molar-refractivity contribution in [2.75, 3.05) is 0 Å². The lowest BCUT2D eigenvalue weighted by molar-refractivity contribution is 1.35. The molecule has 0 saturated heterocycles. The van der Waals surface area contributed by atoms with Crippen LogP contribution in [0.25, 0.3) is 0 Å². The SMILES string of the molecule is ClC1C=Nc2ccc(Br)cc21. The van der Waals surface area contributed by atoms with Gasteiger partial charge in [0, 0.05) is 16.3 Å². The number of fused-ring (bicyclic) bond motifs is 1. The van der Waals surface area contributed by atoms with E-state index in [1.165, 1.54) is 0 Å². The van der Waals surface area contributed by atoms with Gasteiger partial charge in [-0.25, -0.2) is 0 Å². The van der Waals surface area contributed by atoms with E-state index in [4.69, 9.17) is 11.6 Å². The van der Waals surface area contributed by atoms with Crippen LogP contribution < -0.4 is 0 Å². The summed E-state index contributed by atoms with van der Waals surface area (Å²) in [6.07, 6.45) is 1.75. The maximum absolute atomic E-state index is 5.94. The lowest BCUT2D eigenvalue weighted by Crippen LogP contribution is -1.83. The Balaban J connectivity index is 2.58. The quantitative estimate of drug-likeness (QED) is 0.606. The fourth-order valence-electron chi connectivity index (χ4n) is 1.09. The van der Waals surface area contributed by atoms with Gasteiger partial charge >= 0.3 is 0 Å². The zero-order valence-corrected chi connectivity index (χ0v) is 7.93.